The van der Waals surface area contributed by atoms with Gasteiger partial charge in [0.15, 0.2) is 0 Å². The van der Waals surface area contributed by atoms with E-state index < -0.39 is 28.3 Å². The van der Waals surface area contributed by atoms with E-state index in [0.717, 1.165) is 0 Å². The van der Waals surface area contributed by atoms with E-state index in [2.05, 4.69) is 5.43 Å². The average molecular weight is 309 g/mol. The monoisotopic (exact) mass is 309 g/mol. The Bertz CT molecular complexity index is 586. The van der Waals surface area contributed by atoms with Crippen LogP contribution in [0, 0.1) is 0 Å². The molecular formula is C11H16N3NaO4S. The molecule has 0 aromatic heterocycles. The molecule has 1 fully saturated rings. The molecule has 1 aliphatic heterocycles. The fourth-order valence-electron chi connectivity index (χ4n) is 2.08. The molecule has 7 nitrogen and oxygen atoms in total. The number of carbonyl (C=O) groups is 1. The first-order valence-electron chi connectivity index (χ1n) is 5.68. The number of likely N-dealkylation sites (N-methyl/N-ethyl adjacent to an activating group) is 1. The molecule has 1 heterocycles. The van der Waals surface area contributed by atoms with Crippen molar-refractivity contribution >= 4 is 21.9 Å². The van der Waals surface area contributed by atoms with Gasteiger partial charge in [0, 0.05) is 13.1 Å². The molecule has 0 bridgehead atoms. The number of amides is 1. The van der Waals surface area contributed by atoms with Crippen molar-refractivity contribution in [1.29, 1.82) is 0 Å². The van der Waals surface area contributed by atoms with Gasteiger partial charge in [-0.2, -0.15) is 12.7 Å². The largest absolute Gasteiger partial charge is 1.00 e. The summed E-state index contributed by atoms with van der Waals surface area (Å²) in [7, 11) is -3.24. The normalized spacial score (nSPS) is 23.0. The molecule has 2 N–H and O–H groups in total. The molecule has 0 saturated carbocycles. The van der Waals surface area contributed by atoms with Gasteiger partial charge >= 0.3 is 39.9 Å². The average Bonchev–Trinajstić information content (AvgIpc) is 2.64. The molecule has 2 unspecified atom stereocenters. The predicted octanol–water partition coefficient (Wildman–Crippen LogP) is -2.85. The van der Waals surface area contributed by atoms with E-state index in [1.54, 1.807) is 31.2 Å². The van der Waals surface area contributed by atoms with Crippen molar-refractivity contribution in [1.82, 2.24) is 9.73 Å². The van der Waals surface area contributed by atoms with Crippen LogP contribution in [0.2, 0.25) is 0 Å². The van der Waals surface area contributed by atoms with Gasteiger partial charge in [-0.1, -0.05) is 18.2 Å². The fourth-order valence-corrected chi connectivity index (χ4v) is 2.64. The number of anilines is 1. The Balaban J connectivity index is 0.00000200. The molecule has 1 aromatic rings. The Morgan fingerprint density at radius 1 is 1.35 bits per heavy atom. The second-order valence-corrected chi connectivity index (χ2v) is 5.84. The summed E-state index contributed by atoms with van der Waals surface area (Å²) in [5.74, 6) is -0.432. The van der Waals surface area contributed by atoms with Gasteiger partial charge in [-0.05, 0) is 19.1 Å². The van der Waals surface area contributed by atoms with Gasteiger partial charge in [-0.3, -0.25) is 9.35 Å². The first-order chi connectivity index (χ1) is 8.82. The number of nitrogens with zero attached hydrogens (tertiary/aromatic N) is 2. The van der Waals surface area contributed by atoms with Crippen LogP contribution in [-0.2, 0) is 15.1 Å². The van der Waals surface area contributed by atoms with Crippen molar-refractivity contribution in [2.75, 3.05) is 12.1 Å². The quantitative estimate of drug-likeness (QED) is 0.463. The van der Waals surface area contributed by atoms with Gasteiger partial charge in [-0.15, -0.1) is 0 Å². The van der Waals surface area contributed by atoms with Crippen LogP contribution in [0.1, 0.15) is 8.35 Å². The van der Waals surface area contributed by atoms with Crippen LogP contribution in [0.3, 0.4) is 0 Å². The number of benzene rings is 1. The summed E-state index contributed by atoms with van der Waals surface area (Å²) in [6.45, 7) is 1.67. The minimum absolute atomic E-state index is 0. The summed E-state index contributed by atoms with van der Waals surface area (Å²) < 4.78 is 32.0. The van der Waals surface area contributed by atoms with E-state index >= 15 is 0 Å². The van der Waals surface area contributed by atoms with Gasteiger partial charge in [0.2, 0.25) is 0 Å². The Morgan fingerprint density at radius 2 is 1.90 bits per heavy atom. The standard InChI is InChI=1S/C11H15N3O4S.Na.H/c1-8-10(13(2)19(16,17)18)11(15)14(12-8)9-6-4-3-5-7-9;;/h3-8,10,12H,1-2H3,(H,16,17,18);;/q;+1;-1. The molecule has 0 radical (unpaired) electrons. The van der Waals surface area contributed by atoms with Crippen molar-refractivity contribution in [2.45, 2.75) is 19.0 Å². The Labute approximate surface area is 141 Å². The topological polar surface area (TPSA) is 90.0 Å². The molecule has 1 aliphatic rings. The number of carbonyl (C=O) groups excluding carboxylic acids is 1. The molecule has 106 valence electrons. The molecule has 2 atom stereocenters. The summed E-state index contributed by atoms with van der Waals surface area (Å²) in [5, 5.41) is 1.29. The van der Waals surface area contributed by atoms with Gasteiger partial charge in [-0.25, -0.2) is 10.4 Å². The van der Waals surface area contributed by atoms with Crippen LogP contribution >= 0.6 is 0 Å². The third-order valence-corrected chi connectivity index (χ3v) is 4.00. The number of nitrogens with one attached hydrogen (secondary N) is 1. The maximum Gasteiger partial charge on any atom is 1.00 e. The van der Waals surface area contributed by atoms with E-state index in [1.165, 1.54) is 12.1 Å². The van der Waals surface area contributed by atoms with Crippen LogP contribution in [0.5, 0.6) is 0 Å². The van der Waals surface area contributed by atoms with E-state index in [0.29, 0.717) is 9.99 Å². The molecule has 2 rings (SSSR count). The van der Waals surface area contributed by atoms with Crippen molar-refractivity contribution in [3.8, 4) is 0 Å². The third kappa shape index (κ3) is 3.40. The van der Waals surface area contributed by atoms with Crippen molar-refractivity contribution in [3.63, 3.8) is 0 Å². The van der Waals surface area contributed by atoms with Crippen molar-refractivity contribution in [3.05, 3.63) is 30.3 Å². The summed E-state index contributed by atoms with van der Waals surface area (Å²) >= 11 is 0. The smallest absolute Gasteiger partial charge is 1.00 e. The maximum absolute atomic E-state index is 12.3. The SMILES string of the molecule is CC1NN(c2ccccc2)C(=O)C1N(C)S(=O)(=O)O.[H-].[Na+]. The van der Waals surface area contributed by atoms with Gasteiger partial charge < -0.3 is 1.43 Å². The minimum Gasteiger partial charge on any atom is -1.00 e. The summed E-state index contributed by atoms with van der Waals surface area (Å²) in [5.41, 5.74) is 3.51. The van der Waals surface area contributed by atoms with E-state index in [4.69, 9.17) is 4.55 Å². The van der Waals surface area contributed by atoms with Crippen LogP contribution in [-0.4, -0.2) is 42.3 Å². The zero-order chi connectivity index (χ0) is 14.2. The molecule has 1 aromatic carbocycles. The summed E-state index contributed by atoms with van der Waals surface area (Å²) in [6, 6.07) is 7.40. The van der Waals surface area contributed by atoms with Crippen LogP contribution in [0.4, 0.5) is 5.69 Å². The summed E-state index contributed by atoms with van der Waals surface area (Å²) in [6.07, 6.45) is 0. The van der Waals surface area contributed by atoms with Gasteiger partial charge in [0.05, 0.1) is 5.69 Å². The number of para-hydroxylation sites is 1. The molecule has 0 aliphatic carbocycles. The van der Waals surface area contributed by atoms with Crippen molar-refractivity contribution in [2.24, 2.45) is 0 Å². The Morgan fingerprint density at radius 3 is 2.40 bits per heavy atom. The fraction of sp³-hybridized carbons (Fsp3) is 0.364. The predicted molar refractivity (Wildman–Crippen MR) is 70.7 cm³/mol. The first-order valence-corrected chi connectivity index (χ1v) is 7.07. The minimum atomic E-state index is -4.41. The molecule has 1 amide bonds. The second kappa shape index (κ2) is 6.52. The molecule has 20 heavy (non-hydrogen) atoms. The molecule has 9 heteroatoms. The third-order valence-electron chi connectivity index (χ3n) is 3.05. The van der Waals surface area contributed by atoms with Crippen LogP contribution < -0.4 is 40.0 Å². The van der Waals surface area contributed by atoms with E-state index in [9.17, 15) is 13.2 Å². The number of rotatable bonds is 3. The molecule has 1 saturated heterocycles. The molecular weight excluding hydrogens is 293 g/mol. The number of hydrogen-bond donors (Lipinski definition) is 2. The zero-order valence-corrected chi connectivity index (χ0v) is 14.3. The first kappa shape index (κ1) is 17.6. The van der Waals surface area contributed by atoms with Crippen LogP contribution in [0.25, 0.3) is 0 Å². The zero-order valence-electron chi connectivity index (χ0n) is 12.5. The van der Waals surface area contributed by atoms with Gasteiger partial charge in [0.1, 0.15) is 6.04 Å². The number of hydrogen-bond acceptors (Lipinski definition) is 4. The number of hydrazine groups is 1. The maximum atomic E-state index is 12.3. The van der Waals surface area contributed by atoms with E-state index in [1.807, 2.05) is 6.07 Å². The van der Waals surface area contributed by atoms with Crippen molar-refractivity contribution < 1.29 is 48.7 Å². The second-order valence-electron chi connectivity index (χ2n) is 4.37. The molecule has 0 spiro atoms. The Hall–Kier alpha value is -0.480. The van der Waals surface area contributed by atoms with Crippen LogP contribution in [0.15, 0.2) is 30.3 Å². The van der Waals surface area contributed by atoms with Gasteiger partial charge in [0.25, 0.3) is 5.91 Å². The summed E-state index contributed by atoms with van der Waals surface area (Å²) in [4.78, 5) is 12.3. The van der Waals surface area contributed by atoms with E-state index in [-0.39, 0.29) is 31.0 Å². The Kier molecular flexibility index (Phi) is 5.73.